The van der Waals surface area contributed by atoms with Crippen LogP contribution >= 0.6 is 11.6 Å². The van der Waals surface area contributed by atoms with Gasteiger partial charge < -0.3 is 0 Å². The number of benzene rings is 1. The largest absolute Gasteiger partial charge is 0.256 e. The Bertz CT molecular complexity index is 523. The maximum atomic E-state index is 6.44. The fourth-order valence-corrected chi connectivity index (χ4v) is 3.18. The Kier molecular flexibility index (Phi) is 3.02. The van der Waals surface area contributed by atoms with Crippen LogP contribution in [0.2, 0.25) is 0 Å². The summed E-state index contributed by atoms with van der Waals surface area (Å²) in [5.41, 5.74) is 2.38. The van der Waals surface area contributed by atoms with Gasteiger partial charge in [0.2, 0.25) is 0 Å². The molecule has 0 saturated heterocycles. The van der Waals surface area contributed by atoms with E-state index < -0.39 is 0 Å². The molecular formula is C15H16ClN. The molecule has 1 saturated carbocycles. The minimum atomic E-state index is 0.284. The molecule has 1 nitrogen and oxygen atoms in total. The number of alkyl halides is 1. The molecule has 3 rings (SSSR count). The van der Waals surface area contributed by atoms with Gasteiger partial charge in [-0.2, -0.15) is 0 Å². The van der Waals surface area contributed by atoms with Crippen LogP contribution in [0.25, 0.3) is 10.9 Å². The molecule has 1 aromatic carbocycles. The molecule has 0 aliphatic heterocycles. The van der Waals surface area contributed by atoms with Crippen LogP contribution in [0, 0.1) is 0 Å². The van der Waals surface area contributed by atoms with Crippen molar-refractivity contribution < 1.29 is 0 Å². The topological polar surface area (TPSA) is 12.9 Å². The predicted molar refractivity (Wildman–Crippen MR) is 72.6 cm³/mol. The average Bonchev–Trinajstić information content (AvgIpc) is 2.39. The van der Waals surface area contributed by atoms with Crippen molar-refractivity contribution in [3.63, 3.8) is 0 Å². The number of pyridine rings is 1. The Morgan fingerprint density at radius 1 is 1.12 bits per heavy atom. The van der Waals surface area contributed by atoms with Crippen LogP contribution in [0.15, 0.2) is 36.5 Å². The van der Waals surface area contributed by atoms with Gasteiger partial charge in [-0.05, 0) is 30.5 Å². The number of hydrogen-bond acceptors (Lipinski definition) is 1. The van der Waals surface area contributed by atoms with E-state index >= 15 is 0 Å². The summed E-state index contributed by atoms with van der Waals surface area (Å²) < 4.78 is 0. The third-order valence-electron chi connectivity index (χ3n) is 3.72. The molecular weight excluding hydrogens is 230 g/mol. The van der Waals surface area contributed by atoms with Gasteiger partial charge in [-0.25, -0.2) is 0 Å². The van der Waals surface area contributed by atoms with E-state index in [2.05, 4.69) is 29.2 Å². The second-order valence-electron chi connectivity index (χ2n) is 4.87. The summed E-state index contributed by atoms with van der Waals surface area (Å²) in [6.45, 7) is 0. The molecule has 2 aromatic rings. The number of hydrogen-bond donors (Lipinski definition) is 0. The Morgan fingerprint density at radius 3 is 2.82 bits per heavy atom. The monoisotopic (exact) mass is 245 g/mol. The zero-order valence-corrected chi connectivity index (χ0v) is 10.5. The molecule has 1 heterocycles. The van der Waals surface area contributed by atoms with Crippen LogP contribution in [-0.4, -0.2) is 10.4 Å². The van der Waals surface area contributed by atoms with Gasteiger partial charge in [0, 0.05) is 22.9 Å². The molecule has 1 aliphatic carbocycles. The number of aromatic nitrogens is 1. The minimum Gasteiger partial charge on any atom is -0.256 e. The molecule has 2 unspecified atom stereocenters. The van der Waals surface area contributed by atoms with E-state index in [-0.39, 0.29) is 5.38 Å². The van der Waals surface area contributed by atoms with Crippen LogP contribution < -0.4 is 0 Å². The van der Waals surface area contributed by atoms with Crippen molar-refractivity contribution in [2.24, 2.45) is 0 Å². The van der Waals surface area contributed by atoms with Crippen LogP contribution in [0.5, 0.6) is 0 Å². The third-order valence-corrected chi connectivity index (χ3v) is 4.24. The third kappa shape index (κ3) is 2.16. The van der Waals surface area contributed by atoms with Crippen molar-refractivity contribution in [1.29, 1.82) is 0 Å². The molecule has 1 fully saturated rings. The first-order chi connectivity index (χ1) is 8.34. The standard InChI is InChI=1S/C15H16ClN/c16-14-7-3-2-6-13(14)12-9-11-5-1-4-8-15(11)17-10-12/h1,4-5,8-10,13-14H,2-3,6-7H2. The second-order valence-corrected chi connectivity index (χ2v) is 5.43. The normalized spacial score (nSPS) is 25.0. The highest BCUT2D eigenvalue weighted by Crippen LogP contribution is 2.36. The van der Waals surface area contributed by atoms with E-state index in [0.29, 0.717) is 5.92 Å². The fourth-order valence-electron chi connectivity index (χ4n) is 2.75. The molecule has 2 atom stereocenters. The molecule has 0 bridgehead atoms. The molecule has 0 spiro atoms. The lowest BCUT2D eigenvalue weighted by molar-refractivity contribution is 0.450. The summed E-state index contributed by atoms with van der Waals surface area (Å²) in [6, 6.07) is 10.5. The maximum absolute atomic E-state index is 6.44. The van der Waals surface area contributed by atoms with E-state index in [9.17, 15) is 0 Å². The lowest BCUT2D eigenvalue weighted by Crippen LogP contribution is -2.17. The molecule has 2 heteroatoms. The van der Waals surface area contributed by atoms with Crippen molar-refractivity contribution in [1.82, 2.24) is 4.98 Å². The first-order valence-corrected chi connectivity index (χ1v) is 6.77. The summed E-state index contributed by atoms with van der Waals surface area (Å²) in [5.74, 6) is 0.488. The van der Waals surface area contributed by atoms with Gasteiger partial charge in [-0.15, -0.1) is 11.6 Å². The van der Waals surface area contributed by atoms with Crippen LogP contribution in [0.4, 0.5) is 0 Å². The number of fused-ring (bicyclic) bond motifs is 1. The zero-order valence-electron chi connectivity index (χ0n) is 9.77. The zero-order chi connectivity index (χ0) is 11.7. The Morgan fingerprint density at radius 2 is 1.94 bits per heavy atom. The molecule has 0 amide bonds. The van der Waals surface area contributed by atoms with Crippen molar-refractivity contribution in [3.8, 4) is 0 Å². The summed E-state index contributed by atoms with van der Waals surface area (Å²) in [7, 11) is 0. The summed E-state index contributed by atoms with van der Waals surface area (Å²) >= 11 is 6.44. The lowest BCUT2D eigenvalue weighted by atomic mass is 9.84. The van der Waals surface area contributed by atoms with Gasteiger partial charge in [0.05, 0.1) is 5.52 Å². The van der Waals surface area contributed by atoms with Crippen LogP contribution in [0.3, 0.4) is 0 Å². The van der Waals surface area contributed by atoms with Gasteiger partial charge >= 0.3 is 0 Å². The average molecular weight is 246 g/mol. The Hall–Kier alpha value is -1.08. The predicted octanol–water partition coefficient (Wildman–Crippen LogP) is 4.50. The van der Waals surface area contributed by atoms with Crippen molar-refractivity contribution in [3.05, 3.63) is 42.1 Å². The van der Waals surface area contributed by atoms with E-state index in [1.54, 1.807) is 0 Å². The van der Waals surface area contributed by atoms with Crippen molar-refractivity contribution in [2.75, 3.05) is 0 Å². The molecule has 1 aromatic heterocycles. The van der Waals surface area contributed by atoms with Gasteiger partial charge in [0.1, 0.15) is 0 Å². The molecule has 17 heavy (non-hydrogen) atoms. The van der Waals surface area contributed by atoms with Gasteiger partial charge in [-0.3, -0.25) is 4.98 Å². The van der Waals surface area contributed by atoms with Gasteiger partial charge in [0.25, 0.3) is 0 Å². The van der Waals surface area contributed by atoms with E-state index in [0.717, 1.165) is 11.9 Å². The summed E-state index contributed by atoms with van der Waals surface area (Å²) in [4.78, 5) is 4.53. The molecule has 0 radical (unpaired) electrons. The highest BCUT2D eigenvalue weighted by molar-refractivity contribution is 6.21. The number of para-hydroxylation sites is 1. The highest BCUT2D eigenvalue weighted by atomic mass is 35.5. The van der Waals surface area contributed by atoms with Crippen molar-refractivity contribution in [2.45, 2.75) is 37.0 Å². The van der Waals surface area contributed by atoms with Gasteiger partial charge in [-0.1, -0.05) is 31.0 Å². The molecule has 1 aliphatic rings. The quantitative estimate of drug-likeness (QED) is 0.674. The first kappa shape index (κ1) is 11.0. The highest BCUT2D eigenvalue weighted by Gasteiger charge is 2.24. The Balaban J connectivity index is 1.99. The first-order valence-electron chi connectivity index (χ1n) is 6.33. The second kappa shape index (κ2) is 4.66. The van der Waals surface area contributed by atoms with Crippen molar-refractivity contribution >= 4 is 22.5 Å². The smallest absolute Gasteiger partial charge is 0.0702 e. The van der Waals surface area contributed by atoms with E-state index in [1.807, 2.05) is 12.3 Å². The number of nitrogens with zero attached hydrogens (tertiary/aromatic N) is 1. The SMILES string of the molecule is ClC1CCCCC1c1cnc2ccccc2c1. The van der Waals surface area contributed by atoms with Gasteiger partial charge in [0.15, 0.2) is 0 Å². The molecule has 0 N–H and O–H groups in total. The fraction of sp³-hybridized carbons (Fsp3) is 0.400. The number of rotatable bonds is 1. The summed E-state index contributed by atoms with van der Waals surface area (Å²) in [5, 5.41) is 1.51. The summed E-state index contributed by atoms with van der Waals surface area (Å²) in [6.07, 6.45) is 6.91. The Labute approximate surface area is 107 Å². The van der Waals surface area contributed by atoms with E-state index in [1.165, 1.54) is 30.2 Å². The minimum absolute atomic E-state index is 0.284. The molecule has 88 valence electrons. The number of halogens is 1. The van der Waals surface area contributed by atoms with Crippen LogP contribution in [0.1, 0.15) is 37.2 Å². The lowest BCUT2D eigenvalue weighted by Gasteiger charge is -2.27. The van der Waals surface area contributed by atoms with E-state index in [4.69, 9.17) is 11.6 Å². The van der Waals surface area contributed by atoms with Crippen LogP contribution in [-0.2, 0) is 0 Å². The maximum Gasteiger partial charge on any atom is 0.0702 e.